The first-order valence-electron chi connectivity index (χ1n) is 8.81. The second-order valence-electron chi connectivity index (χ2n) is 6.98. The summed E-state index contributed by atoms with van der Waals surface area (Å²) in [6, 6.07) is 1.83. The van der Waals surface area contributed by atoms with E-state index in [2.05, 4.69) is 15.7 Å². The van der Waals surface area contributed by atoms with Crippen molar-refractivity contribution in [2.45, 2.75) is 38.3 Å². The number of aromatic nitrogens is 2. The fourth-order valence-corrected chi connectivity index (χ4v) is 3.90. The number of amides is 3. The average molecular weight is 375 g/mol. The molecule has 3 amide bonds. The van der Waals surface area contributed by atoms with Crippen molar-refractivity contribution in [3.05, 3.63) is 40.3 Å². The summed E-state index contributed by atoms with van der Waals surface area (Å²) in [5.41, 5.74) is 1.71. The van der Waals surface area contributed by atoms with Crippen LogP contribution in [0.5, 0.6) is 0 Å². The van der Waals surface area contributed by atoms with Crippen molar-refractivity contribution in [2.75, 3.05) is 13.1 Å². The maximum Gasteiger partial charge on any atom is 0.317 e. The van der Waals surface area contributed by atoms with Crippen LogP contribution >= 0.6 is 11.3 Å². The second-order valence-corrected chi connectivity index (χ2v) is 7.76. The van der Waals surface area contributed by atoms with Gasteiger partial charge in [0, 0.05) is 55.3 Å². The highest BCUT2D eigenvalue weighted by molar-refractivity contribution is 7.08. The smallest absolute Gasteiger partial charge is 0.317 e. The van der Waals surface area contributed by atoms with Gasteiger partial charge in [0.2, 0.25) is 0 Å². The number of aryl methyl sites for hydroxylation is 1. The van der Waals surface area contributed by atoms with E-state index in [1.165, 1.54) is 11.3 Å². The van der Waals surface area contributed by atoms with E-state index < -0.39 is 0 Å². The van der Waals surface area contributed by atoms with Crippen LogP contribution < -0.4 is 10.6 Å². The van der Waals surface area contributed by atoms with Gasteiger partial charge in [-0.05, 0) is 37.3 Å². The maximum atomic E-state index is 12.5. The van der Waals surface area contributed by atoms with E-state index in [-0.39, 0.29) is 29.9 Å². The predicted octanol–water partition coefficient (Wildman–Crippen LogP) is 2.19. The molecular weight excluding hydrogens is 350 g/mol. The summed E-state index contributed by atoms with van der Waals surface area (Å²) >= 11 is 1.51. The Morgan fingerprint density at radius 1 is 1.38 bits per heavy atom. The Labute approximate surface area is 157 Å². The Morgan fingerprint density at radius 3 is 2.81 bits per heavy atom. The van der Waals surface area contributed by atoms with Crippen LogP contribution in [0.2, 0.25) is 0 Å². The highest BCUT2D eigenvalue weighted by atomic mass is 32.1. The zero-order valence-corrected chi connectivity index (χ0v) is 16.1. The summed E-state index contributed by atoms with van der Waals surface area (Å²) in [4.78, 5) is 26.7. The molecule has 26 heavy (non-hydrogen) atoms. The van der Waals surface area contributed by atoms with Gasteiger partial charge < -0.3 is 15.5 Å². The molecule has 0 spiro atoms. The number of nitrogens with zero attached hydrogens (tertiary/aromatic N) is 3. The van der Waals surface area contributed by atoms with Gasteiger partial charge in [0.05, 0.1) is 6.20 Å². The second kappa shape index (κ2) is 7.90. The summed E-state index contributed by atoms with van der Waals surface area (Å²) in [5, 5.41) is 14.1. The van der Waals surface area contributed by atoms with Gasteiger partial charge in [-0.15, -0.1) is 0 Å². The van der Waals surface area contributed by atoms with Crippen molar-refractivity contribution in [3.8, 4) is 0 Å². The third kappa shape index (κ3) is 4.24. The van der Waals surface area contributed by atoms with E-state index in [4.69, 9.17) is 0 Å². The molecule has 0 aromatic carbocycles. The number of hydrogen-bond acceptors (Lipinski definition) is 4. The van der Waals surface area contributed by atoms with Gasteiger partial charge in [-0.25, -0.2) is 4.79 Å². The van der Waals surface area contributed by atoms with Gasteiger partial charge in [-0.2, -0.15) is 16.4 Å². The van der Waals surface area contributed by atoms with Crippen molar-refractivity contribution < 1.29 is 9.59 Å². The number of hydrogen-bond donors (Lipinski definition) is 2. The van der Waals surface area contributed by atoms with Gasteiger partial charge in [-0.3, -0.25) is 9.48 Å². The van der Waals surface area contributed by atoms with Crippen molar-refractivity contribution in [1.82, 2.24) is 25.3 Å². The number of carbonyl (C=O) groups is 2. The van der Waals surface area contributed by atoms with Crippen LogP contribution in [0.1, 0.15) is 42.1 Å². The minimum atomic E-state index is -0.0646. The summed E-state index contributed by atoms with van der Waals surface area (Å²) < 4.78 is 1.75. The molecule has 2 atom stereocenters. The van der Waals surface area contributed by atoms with E-state index >= 15 is 0 Å². The van der Waals surface area contributed by atoms with E-state index in [1.807, 2.05) is 55.0 Å². The number of likely N-dealkylation sites (tertiary alicyclic amines) is 1. The Bertz CT molecular complexity index is 755. The fourth-order valence-electron chi connectivity index (χ4n) is 3.26. The van der Waals surface area contributed by atoms with Crippen LogP contribution in [-0.4, -0.2) is 51.8 Å². The van der Waals surface area contributed by atoms with Gasteiger partial charge in [0.15, 0.2) is 0 Å². The molecule has 0 saturated carbocycles. The normalized spacial score (nSPS) is 20.2. The van der Waals surface area contributed by atoms with Crippen LogP contribution in [0.15, 0.2) is 29.2 Å². The van der Waals surface area contributed by atoms with Crippen molar-refractivity contribution in [1.29, 1.82) is 0 Å². The fraction of sp³-hybridized carbons (Fsp3) is 0.500. The van der Waals surface area contributed by atoms with E-state index in [0.29, 0.717) is 25.1 Å². The molecule has 1 fully saturated rings. The van der Waals surface area contributed by atoms with Crippen LogP contribution in [0.3, 0.4) is 0 Å². The van der Waals surface area contributed by atoms with Crippen molar-refractivity contribution >= 4 is 23.3 Å². The number of urea groups is 1. The standard InChI is InChI=1S/C18H25N5O2S/c1-12(2)20-18(25)23-6-4-16(21-17(24)13-5-7-26-11-13)15(10-23)14-8-19-22(3)9-14/h5,7-9,11-12,15-16H,4,6,10H2,1-3H3,(H,20,25)(H,21,24). The van der Waals surface area contributed by atoms with Crippen molar-refractivity contribution in [3.63, 3.8) is 0 Å². The Morgan fingerprint density at radius 2 is 2.19 bits per heavy atom. The highest BCUT2D eigenvalue weighted by Crippen LogP contribution is 2.27. The molecule has 2 aromatic rings. The van der Waals surface area contributed by atoms with Gasteiger partial charge >= 0.3 is 6.03 Å². The van der Waals surface area contributed by atoms with Gasteiger partial charge in [0.1, 0.15) is 0 Å². The first kappa shape index (κ1) is 18.4. The molecule has 1 aliphatic rings. The molecule has 140 valence electrons. The molecule has 7 nitrogen and oxygen atoms in total. The molecular formula is C18H25N5O2S. The highest BCUT2D eigenvalue weighted by Gasteiger charge is 2.34. The van der Waals surface area contributed by atoms with Crippen LogP contribution in [0, 0.1) is 0 Å². The molecule has 1 aliphatic heterocycles. The predicted molar refractivity (Wildman–Crippen MR) is 101 cm³/mol. The van der Waals surface area contributed by atoms with Gasteiger partial charge in [0.25, 0.3) is 5.91 Å². The number of carbonyl (C=O) groups excluding carboxylic acids is 2. The van der Waals surface area contributed by atoms with Gasteiger partial charge in [-0.1, -0.05) is 0 Å². The third-order valence-corrected chi connectivity index (χ3v) is 5.25. The Hall–Kier alpha value is -2.35. The van der Waals surface area contributed by atoms with E-state index in [9.17, 15) is 9.59 Å². The molecule has 0 radical (unpaired) electrons. The van der Waals surface area contributed by atoms with Crippen LogP contribution in [0.4, 0.5) is 4.79 Å². The lowest BCUT2D eigenvalue weighted by Gasteiger charge is -2.38. The average Bonchev–Trinajstić information content (AvgIpc) is 3.26. The Kier molecular flexibility index (Phi) is 5.61. The SMILES string of the molecule is CC(C)NC(=O)N1CCC(NC(=O)c2ccsc2)C(c2cnn(C)c2)C1. The van der Waals surface area contributed by atoms with Crippen molar-refractivity contribution in [2.24, 2.45) is 7.05 Å². The minimum Gasteiger partial charge on any atom is -0.349 e. The molecule has 3 rings (SSSR count). The van der Waals surface area contributed by atoms with Crippen LogP contribution in [-0.2, 0) is 7.05 Å². The van der Waals surface area contributed by atoms with E-state index in [0.717, 1.165) is 5.56 Å². The third-order valence-electron chi connectivity index (χ3n) is 4.57. The lowest BCUT2D eigenvalue weighted by molar-refractivity contribution is 0.0906. The summed E-state index contributed by atoms with van der Waals surface area (Å²) in [5.74, 6) is -0.0526. The summed E-state index contributed by atoms with van der Waals surface area (Å²) in [7, 11) is 1.87. The molecule has 2 aromatic heterocycles. The summed E-state index contributed by atoms with van der Waals surface area (Å²) in [6.07, 6.45) is 4.48. The lowest BCUT2D eigenvalue weighted by atomic mass is 9.87. The largest absolute Gasteiger partial charge is 0.349 e. The number of piperidine rings is 1. The number of thiophene rings is 1. The molecule has 8 heteroatoms. The number of rotatable bonds is 4. The van der Waals surface area contributed by atoms with Crippen LogP contribution in [0.25, 0.3) is 0 Å². The molecule has 1 saturated heterocycles. The Balaban J connectivity index is 1.76. The zero-order valence-electron chi connectivity index (χ0n) is 15.3. The maximum absolute atomic E-state index is 12.5. The molecule has 0 aliphatic carbocycles. The first-order valence-corrected chi connectivity index (χ1v) is 9.75. The topological polar surface area (TPSA) is 79.3 Å². The molecule has 2 unspecified atom stereocenters. The minimum absolute atomic E-state index is 0.0120. The molecule has 2 N–H and O–H groups in total. The quantitative estimate of drug-likeness (QED) is 0.860. The lowest BCUT2D eigenvalue weighted by Crippen LogP contribution is -2.54. The summed E-state index contributed by atoms with van der Waals surface area (Å²) in [6.45, 7) is 5.07. The first-order chi connectivity index (χ1) is 12.4. The monoisotopic (exact) mass is 375 g/mol. The zero-order chi connectivity index (χ0) is 18.7. The molecule has 0 bridgehead atoms. The van der Waals surface area contributed by atoms with E-state index in [1.54, 1.807) is 4.68 Å². The molecule has 3 heterocycles. The number of nitrogens with one attached hydrogen (secondary N) is 2.